The molecule has 192 valence electrons. The molecule has 1 atom stereocenters. The Morgan fingerprint density at radius 3 is 2.33 bits per heavy atom. The highest BCUT2D eigenvalue weighted by atomic mass is 32.2. The molecule has 0 aliphatic heterocycles. The number of nitrogens with zero attached hydrogens (tertiary/aromatic N) is 2. The summed E-state index contributed by atoms with van der Waals surface area (Å²) in [5.74, 6) is 0.537. The zero-order valence-corrected chi connectivity index (χ0v) is 20.5. The number of alkyl halides is 3. The number of hydrogen-bond acceptors (Lipinski definition) is 4. The van der Waals surface area contributed by atoms with Gasteiger partial charge in [-0.3, -0.25) is 4.68 Å². The van der Waals surface area contributed by atoms with E-state index in [0.29, 0.717) is 19.4 Å². The molecule has 0 amide bonds. The van der Waals surface area contributed by atoms with Crippen molar-refractivity contribution in [1.82, 2.24) is 19.2 Å². The maximum atomic E-state index is 12.8. The van der Waals surface area contributed by atoms with E-state index in [4.69, 9.17) is 4.74 Å². The molecule has 3 aromatic rings. The highest BCUT2D eigenvalue weighted by molar-refractivity contribution is 7.87. The van der Waals surface area contributed by atoms with Crippen LogP contribution in [-0.2, 0) is 35.8 Å². The van der Waals surface area contributed by atoms with Crippen LogP contribution in [0.4, 0.5) is 13.2 Å². The first kappa shape index (κ1) is 24.8. The maximum absolute atomic E-state index is 12.8. The lowest BCUT2D eigenvalue weighted by atomic mass is 9.94. The number of fused-ring (bicyclic) bond motifs is 1. The van der Waals surface area contributed by atoms with E-state index in [1.54, 1.807) is 10.7 Å². The summed E-state index contributed by atoms with van der Waals surface area (Å²) >= 11 is 0. The molecule has 1 fully saturated rings. The van der Waals surface area contributed by atoms with Crippen LogP contribution in [0.5, 0.6) is 11.6 Å². The highest BCUT2D eigenvalue weighted by Gasteiger charge is 2.31. The normalized spacial score (nSPS) is 18.2. The first-order valence-electron chi connectivity index (χ1n) is 11.9. The third-order valence-corrected chi connectivity index (χ3v) is 7.93. The van der Waals surface area contributed by atoms with Gasteiger partial charge in [0.15, 0.2) is 0 Å². The summed E-state index contributed by atoms with van der Waals surface area (Å²) in [6, 6.07) is 12.1. The van der Waals surface area contributed by atoms with Gasteiger partial charge in [0.2, 0.25) is 5.88 Å². The Labute approximate surface area is 207 Å². The molecule has 1 aromatic heterocycles. The predicted molar refractivity (Wildman–Crippen MR) is 129 cm³/mol. The summed E-state index contributed by atoms with van der Waals surface area (Å²) in [4.78, 5) is 0. The van der Waals surface area contributed by atoms with Gasteiger partial charge in [-0.05, 0) is 74.1 Å². The SMILES string of the molecule is CCn1nc(Oc2ccc(C(F)(F)F)cc2)cc1-c1ccc2c(c1)CC(NS(=O)(=O)NC1CCC1)C2. The van der Waals surface area contributed by atoms with E-state index in [1.165, 1.54) is 12.1 Å². The molecule has 0 radical (unpaired) electrons. The zero-order chi connectivity index (χ0) is 25.5. The number of ether oxygens (including phenoxy) is 1. The first-order valence-corrected chi connectivity index (χ1v) is 13.4. The number of aryl methyl sites for hydroxylation is 1. The standard InChI is InChI=1S/C25H27F3N4O3S/c1-2-32-23(15-24(29-32)35-22-10-8-19(9-11-22)25(26,27)28)17-7-6-16-13-21(14-18(16)12-17)31-36(33,34)30-20-4-3-5-20/h6-12,15,20-21,30-31H,2-5,13-14H2,1H3. The molecule has 2 aliphatic rings. The largest absolute Gasteiger partial charge is 0.438 e. The van der Waals surface area contributed by atoms with Crippen molar-refractivity contribution in [3.63, 3.8) is 0 Å². The smallest absolute Gasteiger partial charge is 0.416 e. The van der Waals surface area contributed by atoms with Crippen LogP contribution in [0.1, 0.15) is 42.9 Å². The van der Waals surface area contributed by atoms with Crippen LogP contribution in [0.25, 0.3) is 11.3 Å². The van der Waals surface area contributed by atoms with Gasteiger partial charge in [-0.1, -0.05) is 18.6 Å². The van der Waals surface area contributed by atoms with Crippen molar-refractivity contribution in [2.24, 2.45) is 0 Å². The fraction of sp³-hybridized carbons (Fsp3) is 0.400. The van der Waals surface area contributed by atoms with Crippen LogP contribution in [0.2, 0.25) is 0 Å². The second-order valence-corrected chi connectivity index (χ2v) is 10.7. The van der Waals surface area contributed by atoms with Gasteiger partial charge in [-0.2, -0.15) is 31.0 Å². The summed E-state index contributed by atoms with van der Waals surface area (Å²) in [7, 11) is -3.55. The Morgan fingerprint density at radius 1 is 1.00 bits per heavy atom. The molecule has 1 unspecified atom stereocenters. The number of hydrogen-bond donors (Lipinski definition) is 2. The van der Waals surface area contributed by atoms with Gasteiger partial charge in [0.25, 0.3) is 10.2 Å². The lowest BCUT2D eigenvalue weighted by Crippen LogP contribution is -2.49. The summed E-state index contributed by atoms with van der Waals surface area (Å²) in [6.45, 7) is 2.50. The maximum Gasteiger partial charge on any atom is 0.416 e. The van der Waals surface area contributed by atoms with Crippen LogP contribution in [-0.4, -0.2) is 30.3 Å². The molecule has 0 saturated heterocycles. The lowest BCUT2D eigenvalue weighted by molar-refractivity contribution is -0.137. The van der Waals surface area contributed by atoms with E-state index in [2.05, 4.69) is 14.5 Å². The zero-order valence-electron chi connectivity index (χ0n) is 19.7. The van der Waals surface area contributed by atoms with Crippen molar-refractivity contribution in [1.29, 1.82) is 0 Å². The summed E-state index contributed by atoms with van der Waals surface area (Å²) < 4.78 is 76.3. The summed E-state index contributed by atoms with van der Waals surface area (Å²) in [5.41, 5.74) is 3.13. The Hall–Kier alpha value is -2.89. The Morgan fingerprint density at radius 2 is 1.69 bits per heavy atom. The van der Waals surface area contributed by atoms with Gasteiger partial charge in [0.1, 0.15) is 5.75 Å². The van der Waals surface area contributed by atoms with E-state index in [1.807, 2.05) is 25.1 Å². The molecule has 11 heteroatoms. The summed E-state index contributed by atoms with van der Waals surface area (Å²) in [5, 5.41) is 4.44. The van der Waals surface area contributed by atoms with Gasteiger partial charge in [-0.25, -0.2) is 0 Å². The second kappa shape index (κ2) is 9.53. The summed E-state index contributed by atoms with van der Waals surface area (Å²) in [6.07, 6.45) is -0.388. The number of halogens is 3. The van der Waals surface area contributed by atoms with Crippen LogP contribution >= 0.6 is 0 Å². The van der Waals surface area contributed by atoms with Gasteiger partial charge < -0.3 is 4.74 Å². The fourth-order valence-corrected chi connectivity index (χ4v) is 5.96. The molecule has 5 rings (SSSR count). The molecule has 2 aromatic carbocycles. The highest BCUT2D eigenvalue weighted by Crippen LogP contribution is 2.33. The van der Waals surface area contributed by atoms with Crippen LogP contribution in [0, 0.1) is 0 Å². The van der Waals surface area contributed by atoms with Crippen molar-refractivity contribution in [2.75, 3.05) is 0 Å². The van der Waals surface area contributed by atoms with Crippen LogP contribution < -0.4 is 14.2 Å². The molecule has 1 saturated carbocycles. The number of benzene rings is 2. The first-order chi connectivity index (χ1) is 17.1. The molecule has 0 bridgehead atoms. The number of aromatic nitrogens is 2. The van der Waals surface area contributed by atoms with Crippen LogP contribution in [0.3, 0.4) is 0 Å². The third kappa shape index (κ3) is 5.42. The Balaban J connectivity index is 1.30. The van der Waals surface area contributed by atoms with Crippen LogP contribution in [0.15, 0.2) is 48.5 Å². The average molecular weight is 521 g/mol. The molecule has 2 aliphatic carbocycles. The van der Waals surface area contributed by atoms with E-state index in [0.717, 1.165) is 53.8 Å². The van der Waals surface area contributed by atoms with Crippen molar-refractivity contribution < 1.29 is 26.3 Å². The Bertz CT molecular complexity index is 1350. The molecule has 7 nitrogen and oxygen atoms in total. The molecular weight excluding hydrogens is 493 g/mol. The lowest BCUT2D eigenvalue weighted by Gasteiger charge is -2.27. The second-order valence-electron chi connectivity index (χ2n) is 9.26. The van der Waals surface area contributed by atoms with Crippen molar-refractivity contribution in [3.05, 3.63) is 65.2 Å². The van der Waals surface area contributed by atoms with Gasteiger partial charge in [0, 0.05) is 30.3 Å². The number of nitrogens with one attached hydrogen (secondary N) is 2. The quantitative estimate of drug-likeness (QED) is 0.446. The molecule has 2 N–H and O–H groups in total. The van der Waals surface area contributed by atoms with Gasteiger partial charge in [0.05, 0.1) is 11.3 Å². The number of rotatable bonds is 8. The third-order valence-electron chi connectivity index (χ3n) is 6.64. The van der Waals surface area contributed by atoms with Crippen molar-refractivity contribution >= 4 is 10.2 Å². The Kier molecular flexibility index (Phi) is 6.56. The predicted octanol–water partition coefficient (Wildman–Crippen LogP) is 4.82. The van der Waals surface area contributed by atoms with E-state index in [9.17, 15) is 21.6 Å². The van der Waals surface area contributed by atoms with Crippen molar-refractivity contribution in [2.45, 2.75) is 63.8 Å². The van der Waals surface area contributed by atoms with E-state index in [-0.39, 0.29) is 23.7 Å². The van der Waals surface area contributed by atoms with E-state index >= 15 is 0 Å². The minimum Gasteiger partial charge on any atom is -0.438 e. The van der Waals surface area contributed by atoms with Crippen molar-refractivity contribution in [3.8, 4) is 22.9 Å². The minimum absolute atomic E-state index is 0.0335. The monoisotopic (exact) mass is 520 g/mol. The molecule has 0 spiro atoms. The molecule has 1 heterocycles. The van der Waals surface area contributed by atoms with E-state index < -0.39 is 21.9 Å². The topological polar surface area (TPSA) is 85.2 Å². The van der Waals surface area contributed by atoms with Gasteiger partial charge in [-0.15, -0.1) is 5.10 Å². The minimum atomic E-state index is -4.41. The molecule has 36 heavy (non-hydrogen) atoms. The molecular formula is C25H27F3N4O3S. The average Bonchev–Trinajstić information content (AvgIpc) is 3.38. The fourth-order valence-electron chi connectivity index (χ4n) is 4.61. The van der Waals surface area contributed by atoms with Gasteiger partial charge >= 0.3 is 6.18 Å².